The number of nitrogens with zero attached hydrogens (tertiary/aromatic N) is 2. The highest BCUT2D eigenvalue weighted by molar-refractivity contribution is 5.68. The fourth-order valence-electron chi connectivity index (χ4n) is 2.39. The van der Waals surface area contributed by atoms with E-state index in [0.717, 1.165) is 45.3 Å². The summed E-state index contributed by atoms with van der Waals surface area (Å²) in [5.74, 6) is 0. The van der Waals surface area contributed by atoms with E-state index in [1.165, 1.54) is 0 Å². The highest BCUT2D eigenvalue weighted by Crippen LogP contribution is 2.13. The highest BCUT2D eigenvalue weighted by Gasteiger charge is 2.23. The number of alkyl carbamates (subject to hydrolysis) is 1. The van der Waals surface area contributed by atoms with Crippen LogP contribution in [0.2, 0.25) is 0 Å². The Morgan fingerprint density at radius 1 is 1.45 bits per heavy atom. The SMILES string of the molecule is CC(C)(C)OC(=O)NC1CCCN(CCCCC#N)C1. The molecule has 0 bridgehead atoms. The Bertz CT molecular complexity index is 344. The van der Waals surface area contributed by atoms with E-state index in [1.54, 1.807) is 0 Å². The number of nitrogens with one attached hydrogen (secondary N) is 1. The molecule has 0 saturated carbocycles. The number of carbonyl (C=O) groups excluding carboxylic acids is 1. The quantitative estimate of drug-likeness (QED) is 0.787. The summed E-state index contributed by atoms with van der Waals surface area (Å²) < 4.78 is 5.28. The van der Waals surface area contributed by atoms with E-state index in [-0.39, 0.29) is 12.1 Å². The van der Waals surface area contributed by atoms with Gasteiger partial charge < -0.3 is 15.0 Å². The van der Waals surface area contributed by atoms with Crippen LogP contribution in [0.25, 0.3) is 0 Å². The number of hydrogen-bond acceptors (Lipinski definition) is 4. The number of piperidine rings is 1. The maximum Gasteiger partial charge on any atom is 0.407 e. The highest BCUT2D eigenvalue weighted by atomic mass is 16.6. The molecule has 1 fully saturated rings. The molecule has 114 valence electrons. The standard InChI is InChI=1S/C15H27N3O2/c1-15(2,3)20-14(19)17-13-8-7-11-18(12-13)10-6-4-5-9-16/h13H,4-8,10-12H2,1-3H3,(H,17,19). The van der Waals surface area contributed by atoms with Crippen LogP contribution in [-0.2, 0) is 4.74 Å². The summed E-state index contributed by atoms with van der Waals surface area (Å²) in [6, 6.07) is 2.35. The summed E-state index contributed by atoms with van der Waals surface area (Å²) in [6.07, 6.45) is 4.41. The molecule has 5 heteroatoms. The van der Waals surface area contributed by atoms with Gasteiger partial charge in [-0.25, -0.2) is 4.79 Å². The third kappa shape index (κ3) is 7.34. The van der Waals surface area contributed by atoms with Gasteiger partial charge in [0.25, 0.3) is 0 Å². The third-order valence-corrected chi connectivity index (χ3v) is 3.24. The number of carbonyl (C=O) groups is 1. The number of unbranched alkanes of at least 4 members (excludes halogenated alkanes) is 2. The zero-order valence-corrected chi connectivity index (χ0v) is 12.9. The Labute approximate surface area is 122 Å². The molecule has 0 aromatic heterocycles. The van der Waals surface area contributed by atoms with Crippen molar-refractivity contribution in [1.29, 1.82) is 5.26 Å². The Morgan fingerprint density at radius 2 is 2.20 bits per heavy atom. The summed E-state index contributed by atoms with van der Waals surface area (Å²) in [4.78, 5) is 14.1. The lowest BCUT2D eigenvalue weighted by atomic mass is 10.1. The maximum absolute atomic E-state index is 11.7. The van der Waals surface area contributed by atoms with Gasteiger partial charge in [0.2, 0.25) is 0 Å². The van der Waals surface area contributed by atoms with Gasteiger partial charge in [-0.15, -0.1) is 0 Å². The van der Waals surface area contributed by atoms with E-state index >= 15 is 0 Å². The Kier molecular flexibility index (Phi) is 6.80. The topological polar surface area (TPSA) is 65.4 Å². The van der Waals surface area contributed by atoms with Crippen LogP contribution >= 0.6 is 0 Å². The molecule has 1 unspecified atom stereocenters. The monoisotopic (exact) mass is 281 g/mol. The van der Waals surface area contributed by atoms with Gasteiger partial charge in [0.05, 0.1) is 6.07 Å². The van der Waals surface area contributed by atoms with Crippen molar-refractivity contribution < 1.29 is 9.53 Å². The zero-order chi connectivity index (χ0) is 15.0. The zero-order valence-electron chi connectivity index (χ0n) is 12.9. The van der Waals surface area contributed by atoms with Gasteiger partial charge in [-0.05, 0) is 59.5 Å². The van der Waals surface area contributed by atoms with Crippen molar-refractivity contribution >= 4 is 6.09 Å². The third-order valence-electron chi connectivity index (χ3n) is 3.24. The van der Waals surface area contributed by atoms with Crippen LogP contribution in [0.1, 0.15) is 52.9 Å². The van der Waals surface area contributed by atoms with E-state index in [0.29, 0.717) is 6.42 Å². The smallest absolute Gasteiger partial charge is 0.407 e. The number of ether oxygens (including phenoxy) is 1. The van der Waals surface area contributed by atoms with E-state index < -0.39 is 5.60 Å². The molecule has 0 aromatic rings. The van der Waals surface area contributed by atoms with Crippen LogP contribution in [-0.4, -0.2) is 42.3 Å². The van der Waals surface area contributed by atoms with Crippen molar-refractivity contribution in [3.05, 3.63) is 0 Å². The van der Waals surface area contributed by atoms with Crippen molar-refractivity contribution in [2.45, 2.75) is 64.5 Å². The summed E-state index contributed by atoms with van der Waals surface area (Å²) in [5, 5.41) is 11.5. The largest absolute Gasteiger partial charge is 0.444 e. The first-order valence-electron chi connectivity index (χ1n) is 7.49. The number of nitriles is 1. The van der Waals surface area contributed by atoms with Gasteiger partial charge in [-0.3, -0.25) is 0 Å². The lowest BCUT2D eigenvalue weighted by Crippen LogP contribution is -2.49. The minimum absolute atomic E-state index is 0.176. The molecule has 1 N–H and O–H groups in total. The predicted molar refractivity (Wildman–Crippen MR) is 78.3 cm³/mol. The minimum atomic E-state index is -0.449. The molecule has 1 aliphatic rings. The lowest BCUT2D eigenvalue weighted by molar-refractivity contribution is 0.0472. The Morgan fingerprint density at radius 3 is 2.85 bits per heavy atom. The first-order valence-corrected chi connectivity index (χ1v) is 7.49. The van der Waals surface area contributed by atoms with Crippen LogP contribution in [0.15, 0.2) is 0 Å². The molecular weight excluding hydrogens is 254 g/mol. The van der Waals surface area contributed by atoms with Crippen LogP contribution < -0.4 is 5.32 Å². The lowest BCUT2D eigenvalue weighted by Gasteiger charge is -2.33. The van der Waals surface area contributed by atoms with Gasteiger partial charge in [-0.1, -0.05) is 0 Å². The molecule has 0 aliphatic carbocycles. The molecule has 0 spiro atoms. The first-order chi connectivity index (χ1) is 9.40. The predicted octanol–water partition coefficient (Wildman–Crippen LogP) is 2.67. The Balaban J connectivity index is 2.26. The Hall–Kier alpha value is -1.28. The molecule has 5 nitrogen and oxygen atoms in total. The number of amides is 1. The number of likely N-dealkylation sites (tertiary alicyclic amines) is 1. The molecule has 1 rings (SSSR count). The first kappa shape index (κ1) is 16.8. The molecule has 1 atom stereocenters. The van der Waals surface area contributed by atoms with Gasteiger partial charge in [-0.2, -0.15) is 5.26 Å². The normalized spacial score (nSPS) is 20.2. The second-order valence-corrected chi connectivity index (χ2v) is 6.40. The molecule has 0 radical (unpaired) electrons. The average molecular weight is 281 g/mol. The van der Waals surface area contributed by atoms with Gasteiger partial charge in [0, 0.05) is 19.0 Å². The summed E-state index contributed by atoms with van der Waals surface area (Å²) in [7, 11) is 0. The van der Waals surface area contributed by atoms with Gasteiger partial charge >= 0.3 is 6.09 Å². The summed E-state index contributed by atoms with van der Waals surface area (Å²) in [6.45, 7) is 8.58. The van der Waals surface area contributed by atoms with Gasteiger partial charge in [0.1, 0.15) is 5.60 Å². The molecule has 0 aromatic carbocycles. The maximum atomic E-state index is 11.7. The molecule has 20 heavy (non-hydrogen) atoms. The van der Waals surface area contributed by atoms with Crippen molar-refractivity contribution in [3.63, 3.8) is 0 Å². The second-order valence-electron chi connectivity index (χ2n) is 6.40. The molecule has 1 amide bonds. The summed E-state index contributed by atoms with van der Waals surface area (Å²) >= 11 is 0. The van der Waals surface area contributed by atoms with Crippen molar-refractivity contribution in [2.75, 3.05) is 19.6 Å². The van der Waals surface area contributed by atoms with E-state index in [2.05, 4.69) is 16.3 Å². The van der Waals surface area contributed by atoms with E-state index in [4.69, 9.17) is 10.00 Å². The van der Waals surface area contributed by atoms with Crippen LogP contribution in [0, 0.1) is 11.3 Å². The number of rotatable bonds is 5. The van der Waals surface area contributed by atoms with Gasteiger partial charge in [0.15, 0.2) is 0 Å². The molecule has 1 heterocycles. The van der Waals surface area contributed by atoms with E-state index in [9.17, 15) is 4.79 Å². The minimum Gasteiger partial charge on any atom is -0.444 e. The molecule has 1 aliphatic heterocycles. The van der Waals surface area contributed by atoms with Crippen molar-refractivity contribution in [2.24, 2.45) is 0 Å². The molecular formula is C15H27N3O2. The second kappa shape index (κ2) is 8.11. The number of hydrogen-bond donors (Lipinski definition) is 1. The van der Waals surface area contributed by atoms with Crippen molar-refractivity contribution in [3.8, 4) is 6.07 Å². The summed E-state index contributed by atoms with van der Waals surface area (Å²) in [5.41, 5.74) is -0.449. The fourth-order valence-corrected chi connectivity index (χ4v) is 2.39. The van der Waals surface area contributed by atoms with Crippen LogP contribution in [0.4, 0.5) is 4.79 Å². The molecule has 1 saturated heterocycles. The average Bonchev–Trinajstić information content (AvgIpc) is 2.32. The fraction of sp³-hybridized carbons (Fsp3) is 0.867. The van der Waals surface area contributed by atoms with E-state index in [1.807, 2.05) is 20.8 Å². The van der Waals surface area contributed by atoms with Crippen LogP contribution in [0.3, 0.4) is 0 Å². The van der Waals surface area contributed by atoms with Crippen LogP contribution in [0.5, 0.6) is 0 Å². The van der Waals surface area contributed by atoms with Crippen molar-refractivity contribution in [1.82, 2.24) is 10.2 Å².